The zero-order chi connectivity index (χ0) is 9.15. The van der Waals surface area contributed by atoms with E-state index in [9.17, 15) is 0 Å². The minimum Gasteiger partial charge on any atom is -0.394 e. The van der Waals surface area contributed by atoms with Gasteiger partial charge in [0.15, 0.2) is 0 Å². The van der Waals surface area contributed by atoms with E-state index in [4.69, 9.17) is 9.84 Å². The molecule has 2 rings (SSSR count). The zero-order valence-electron chi connectivity index (χ0n) is 8.09. The molecule has 0 aromatic carbocycles. The maximum Gasteiger partial charge on any atom is 0.0613 e. The Labute approximate surface area is 79.5 Å². The van der Waals surface area contributed by atoms with Crippen LogP contribution in [0.1, 0.15) is 25.7 Å². The first-order valence-electron chi connectivity index (χ1n) is 5.28. The smallest absolute Gasteiger partial charge is 0.0613 e. The van der Waals surface area contributed by atoms with Crippen molar-refractivity contribution < 1.29 is 9.84 Å². The van der Waals surface area contributed by atoms with Gasteiger partial charge in [-0.1, -0.05) is 0 Å². The highest BCUT2D eigenvalue weighted by Crippen LogP contribution is 2.34. The van der Waals surface area contributed by atoms with Gasteiger partial charge in [0, 0.05) is 18.7 Å². The molecule has 2 fully saturated rings. The number of rotatable bonds is 4. The van der Waals surface area contributed by atoms with Crippen molar-refractivity contribution >= 4 is 0 Å². The van der Waals surface area contributed by atoms with Crippen molar-refractivity contribution in [3.05, 3.63) is 0 Å². The number of aliphatic hydroxyl groups is 1. The summed E-state index contributed by atoms with van der Waals surface area (Å²) in [6.45, 7) is 3.14. The van der Waals surface area contributed by atoms with Crippen LogP contribution in [0.25, 0.3) is 0 Å². The highest BCUT2D eigenvalue weighted by molar-refractivity contribution is 5.01. The van der Waals surface area contributed by atoms with Crippen LogP contribution in [0.2, 0.25) is 0 Å². The fourth-order valence-electron chi connectivity index (χ4n) is 1.87. The standard InChI is InChI=1S/C10H19NO2/c12-8-10(3-4-10)11-6-9-2-1-5-13-7-9/h9,11-12H,1-8H2. The van der Waals surface area contributed by atoms with Gasteiger partial charge in [0.1, 0.15) is 0 Å². The molecule has 2 aliphatic rings. The Morgan fingerprint density at radius 2 is 2.31 bits per heavy atom. The number of hydrogen-bond donors (Lipinski definition) is 2. The molecule has 1 atom stereocenters. The third kappa shape index (κ3) is 2.42. The predicted molar refractivity (Wildman–Crippen MR) is 50.6 cm³/mol. The molecule has 0 aromatic rings. The lowest BCUT2D eigenvalue weighted by Crippen LogP contribution is -2.40. The van der Waals surface area contributed by atoms with Crippen molar-refractivity contribution in [2.45, 2.75) is 31.2 Å². The maximum atomic E-state index is 9.09. The predicted octanol–water partition coefficient (Wildman–Crippen LogP) is 0.527. The van der Waals surface area contributed by atoms with E-state index in [2.05, 4.69) is 5.32 Å². The van der Waals surface area contributed by atoms with E-state index in [1.807, 2.05) is 0 Å². The SMILES string of the molecule is OCC1(NCC2CCCOC2)CC1. The molecule has 1 unspecified atom stereocenters. The summed E-state index contributed by atoms with van der Waals surface area (Å²) in [5.41, 5.74) is 0.0947. The second kappa shape index (κ2) is 3.95. The van der Waals surface area contributed by atoms with Gasteiger partial charge in [-0.25, -0.2) is 0 Å². The molecule has 1 aliphatic carbocycles. The van der Waals surface area contributed by atoms with E-state index < -0.39 is 0 Å². The second-order valence-electron chi connectivity index (χ2n) is 4.40. The minimum atomic E-state index is 0.0947. The van der Waals surface area contributed by atoms with Crippen molar-refractivity contribution in [3.8, 4) is 0 Å². The van der Waals surface area contributed by atoms with Crippen LogP contribution < -0.4 is 5.32 Å². The molecule has 76 valence electrons. The van der Waals surface area contributed by atoms with E-state index in [0.717, 1.165) is 32.6 Å². The first-order chi connectivity index (χ1) is 6.35. The fraction of sp³-hybridized carbons (Fsp3) is 1.00. The maximum absolute atomic E-state index is 9.09. The molecular formula is C10H19NO2. The van der Waals surface area contributed by atoms with Crippen molar-refractivity contribution in [3.63, 3.8) is 0 Å². The summed E-state index contributed by atoms with van der Waals surface area (Å²) in [6.07, 6.45) is 4.74. The topological polar surface area (TPSA) is 41.5 Å². The van der Waals surface area contributed by atoms with Gasteiger partial charge in [-0.15, -0.1) is 0 Å². The number of nitrogens with one attached hydrogen (secondary N) is 1. The summed E-state index contributed by atoms with van der Waals surface area (Å²) in [4.78, 5) is 0. The molecule has 3 heteroatoms. The van der Waals surface area contributed by atoms with Gasteiger partial charge >= 0.3 is 0 Å². The molecule has 3 nitrogen and oxygen atoms in total. The van der Waals surface area contributed by atoms with Crippen molar-refractivity contribution in [1.82, 2.24) is 5.32 Å². The summed E-state index contributed by atoms with van der Waals surface area (Å²) in [7, 11) is 0. The molecule has 1 saturated carbocycles. The van der Waals surface area contributed by atoms with Crippen LogP contribution in [0.5, 0.6) is 0 Å². The summed E-state index contributed by atoms with van der Waals surface area (Å²) in [5, 5.41) is 12.6. The Morgan fingerprint density at radius 1 is 1.46 bits per heavy atom. The number of hydrogen-bond acceptors (Lipinski definition) is 3. The van der Waals surface area contributed by atoms with Crippen LogP contribution in [0.3, 0.4) is 0 Å². The Bertz CT molecular complexity index is 162. The van der Waals surface area contributed by atoms with Crippen molar-refractivity contribution in [2.75, 3.05) is 26.4 Å². The first kappa shape index (κ1) is 9.44. The fourth-order valence-corrected chi connectivity index (χ4v) is 1.87. The molecule has 2 N–H and O–H groups in total. The van der Waals surface area contributed by atoms with E-state index >= 15 is 0 Å². The van der Waals surface area contributed by atoms with Gasteiger partial charge in [0.25, 0.3) is 0 Å². The molecule has 0 spiro atoms. The highest BCUT2D eigenvalue weighted by atomic mass is 16.5. The Balaban J connectivity index is 1.66. The van der Waals surface area contributed by atoms with Crippen molar-refractivity contribution in [1.29, 1.82) is 0 Å². The lowest BCUT2D eigenvalue weighted by molar-refractivity contribution is 0.0521. The van der Waals surface area contributed by atoms with Crippen molar-refractivity contribution in [2.24, 2.45) is 5.92 Å². The number of aliphatic hydroxyl groups excluding tert-OH is 1. The Hall–Kier alpha value is -0.120. The van der Waals surface area contributed by atoms with E-state index in [0.29, 0.717) is 12.5 Å². The van der Waals surface area contributed by atoms with Crippen LogP contribution >= 0.6 is 0 Å². The van der Waals surface area contributed by atoms with Gasteiger partial charge in [0.2, 0.25) is 0 Å². The molecule has 1 saturated heterocycles. The number of ether oxygens (including phenoxy) is 1. The molecule has 0 radical (unpaired) electrons. The quantitative estimate of drug-likeness (QED) is 0.671. The summed E-state index contributed by atoms with van der Waals surface area (Å²) < 4.78 is 5.40. The molecule has 13 heavy (non-hydrogen) atoms. The largest absolute Gasteiger partial charge is 0.394 e. The van der Waals surface area contributed by atoms with Crippen LogP contribution in [0.15, 0.2) is 0 Å². The zero-order valence-corrected chi connectivity index (χ0v) is 8.09. The van der Waals surface area contributed by atoms with Crippen LogP contribution in [0, 0.1) is 5.92 Å². The average molecular weight is 185 g/mol. The highest BCUT2D eigenvalue weighted by Gasteiger charge is 2.41. The van der Waals surface area contributed by atoms with E-state index in [1.54, 1.807) is 0 Å². The average Bonchev–Trinajstić information content (AvgIpc) is 2.97. The lowest BCUT2D eigenvalue weighted by Gasteiger charge is -2.24. The normalized spacial score (nSPS) is 31.6. The molecular weight excluding hydrogens is 166 g/mol. The molecule has 0 amide bonds. The molecule has 1 heterocycles. The monoisotopic (exact) mass is 185 g/mol. The van der Waals surface area contributed by atoms with Gasteiger partial charge < -0.3 is 15.2 Å². The van der Waals surface area contributed by atoms with Gasteiger partial charge in [-0.3, -0.25) is 0 Å². The summed E-state index contributed by atoms with van der Waals surface area (Å²) in [6, 6.07) is 0. The van der Waals surface area contributed by atoms with Gasteiger partial charge in [-0.05, 0) is 31.6 Å². The van der Waals surface area contributed by atoms with Gasteiger partial charge in [-0.2, -0.15) is 0 Å². The molecule has 0 aromatic heterocycles. The summed E-state index contributed by atoms with van der Waals surface area (Å²) in [5.74, 6) is 0.665. The first-order valence-corrected chi connectivity index (χ1v) is 5.28. The van der Waals surface area contributed by atoms with Crippen LogP contribution in [-0.2, 0) is 4.74 Å². The third-order valence-corrected chi connectivity index (χ3v) is 3.18. The minimum absolute atomic E-state index is 0.0947. The Kier molecular flexibility index (Phi) is 2.86. The van der Waals surface area contributed by atoms with E-state index in [-0.39, 0.29) is 5.54 Å². The van der Waals surface area contributed by atoms with Crippen LogP contribution in [0.4, 0.5) is 0 Å². The van der Waals surface area contributed by atoms with E-state index in [1.165, 1.54) is 12.8 Å². The Morgan fingerprint density at radius 3 is 2.85 bits per heavy atom. The molecule has 0 bridgehead atoms. The van der Waals surface area contributed by atoms with Crippen LogP contribution in [-0.4, -0.2) is 37.0 Å². The lowest BCUT2D eigenvalue weighted by atomic mass is 10.0. The third-order valence-electron chi connectivity index (χ3n) is 3.18. The van der Waals surface area contributed by atoms with Gasteiger partial charge in [0.05, 0.1) is 13.2 Å². The second-order valence-corrected chi connectivity index (χ2v) is 4.40. The molecule has 1 aliphatic heterocycles. The summed E-state index contributed by atoms with van der Waals surface area (Å²) >= 11 is 0.